The molecule has 3 rings (SSSR count). The normalized spacial score (nSPS) is 20.4. The molecule has 9 heteroatoms. The van der Waals surface area contributed by atoms with Crippen molar-refractivity contribution in [2.24, 2.45) is 0 Å². The Morgan fingerprint density at radius 3 is 2.81 bits per heavy atom. The van der Waals surface area contributed by atoms with Gasteiger partial charge >= 0.3 is 0 Å². The van der Waals surface area contributed by atoms with Crippen LogP contribution in [-0.4, -0.2) is 44.3 Å². The molecule has 0 spiro atoms. The first-order valence-corrected chi connectivity index (χ1v) is 8.24. The number of anilines is 2. The molecule has 0 saturated carbocycles. The molecule has 1 aromatic heterocycles. The van der Waals surface area contributed by atoms with Crippen LogP contribution in [0.25, 0.3) is 0 Å². The second-order valence-electron chi connectivity index (χ2n) is 5.24. The van der Waals surface area contributed by atoms with E-state index in [1.807, 2.05) is 0 Å². The lowest BCUT2D eigenvalue weighted by Gasteiger charge is -2.29. The molecular formula is C12H15N3O5S. The van der Waals surface area contributed by atoms with E-state index in [2.05, 4.69) is 5.32 Å². The largest absolute Gasteiger partial charge is 0.373 e. The number of pyridine rings is 1. The molecule has 1 N–H and O–H groups in total. The highest BCUT2D eigenvalue weighted by Crippen LogP contribution is 2.35. The van der Waals surface area contributed by atoms with Gasteiger partial charge in [-0.25, -0.2) is 0 Å². The fourth-order valence-electron chi connectivity index (χ4n) is 2.73. The lowest BCUT2D eigenvalue weighted by Crippen LogP contribution is -2.46. The lowest BCUT2D eigenvalue weighted by atomic mass is 10.2. The molecular weight excluding hydrogens is 298 g/mol. The first-order chi connectivity index (χ1) is 9.78. The summed E-state index contributed by atoms with van der Waals surface area (Å²) < 4.78 is 28.6. The Bertz CT molecular complexity index is 783. The fourth-order valence-corrected chi connectivity index (χ4v) is 3.13. The first kappa shape index (κ1) is 14.1. The van der Waals surface area contributed by atoms with Crippen LogP contribution in [0.15, 0.2) is 10.9 Å². The monoisotopic (exact) mass is 313 g/mol. The molecule has 0 radical (unpaired) electrons. The number of nitrogens with zero attached hydrogens (tertiary/aromatic N) is 2. The molecule has 1 unspecified atom stereocenters. The van der Waals surface area contributed by atoms with Crippen LogP contribution in [0.1, 0.15) is 5.56 Å². The maximum absolute atomic E-state index is 12.2. The average molecular weight is 313 g/mol. The van der Waals surface area contributed by atoms with Crippen molar-refractivity contribution in [2.75, 3.05) is 29.6 Å². The van der Waals surface area contributed by atoms with Crippen molar-refractivity contribution in [1.29, 1.82) is 0 Å². The maximum atomic E-state index is 12.2. The van der Waals surface area contributed by atoms with E-state index in [1.165, 1.54) is 9.47 Å². The van der Waals surface area contributed by atoms with Crippen molar-refractivity contribution < 1.29 is 17.4 Å². The minimum absolute atomic E-state index is 0.111. The minimum Gasteiger partial charge on any atom is -0.373 e. The minimum atomic E-state index is -3.60. The summed E-state index contributed by atoms with van der Waals surface area (Å²) in [5.41, 5.74) is 1.09. The van der Waals surface area contributed by atoms with Crippen LogP contribution in [0.3, 0.4) is 0 Å². The zero-order chi connectivity index (χ0) is 15.4. The Labute approximate surface area is 121 Å². The summed E-state index contributed by atoms with van der Waals surface area (Å²) in [6.07, 6.45) is 0.955. The van der Waals surface area contributed by atoms with Gasteiger partial charge < -0.3 is 5.32 Å². The number of rotatable bonds is 3. The third-order valence-corrected chi connectivity index (χ3v) is 4.16. The van der Waals surface area contributed by atoms with Gasteiger partial charge in [0.05, 0.1) is 37.7 Å². The topological polar surface area (TPSA) is 97.7 Å². The van der Waals surface area contributed by atoms with Crippen LogP contribution in [0, 0.1) is 6.92 Å². The van der Waals surface area contributed by atoms with Crippen LogP contribution in [-0.2, 0) is 25.6 Å². The van der Waals surface area contributed by atoms with Crippen molar-refractivity contribution in [3.63, 3.8) is 0 Å². The van der Waals surface area contributed by atoms with Gasteiger partial charge in [0.15, 0.2) is 0 Å². The molecule has 1 atom stereocenters. The molecule has 0 fully saturated rings. The summed E-state index contributed by atoms with van der Waals surface area (Å²) in [4.78, 5) is 25.7. The van der Waals surface area contributed by atoms with E-state index in [-0.39, 0.29) is 31.2 Å². The number of hydrogen-bond acceptors (Lipinski definition) is 6. The molecule has 21 heavy (non-hydrogen) atoms. The van der Waals surface area contributed by atoms with Gasteiger partial charge in [-0.1, -0.05) is 0 Å². The number of hydrogen-bond donors (Lipinski definition) is 1. The highest BCUT2D eigenvalue weighted by molar-refractivity contribution is 7.85. The summed E-state index contributed by atoms with van der Waals surface area (Å²) >= 11 is 0. The SMILES string of the molecule is Cc1cc2c3n(c1=O)CC(COS(C)(=O)=O)N3C(=O)CN2. The summed E-state index contributed by atoms with van der Waals surface area (Å²) in [6.45, 7) is 1.88. The summed E-state index contributed by atoms with van der Waals surface area (Å²) in [6, 6.07) is 1.20. The fraction of sp³-hybridized carbons (Fsp3) is 0.500. The van der Waals surface area contributed by atoms with Crippen LogP contribution >= 0.6 is 0 Å². The molecule has 8 nitrogen and oxygen atoms in total. The Morgan fingerprint density at radius 2 is 2.14 bits per heavy atom. The maximum Gasteiger partial charge on any atom is 0.264 e. The number of amides is 1. The number of carbonyl (C=O) groups excluding carboxylic acids is 1. The van der Waals surface area contributed by atoms with Crippen LogP contribution in [0.2, 0.25) is 0 Å². The van der Waals surface area contributed by atoms with E-state index in [9.17, 15) is 18.0 Å². The standard InChI is InChI=1S/C12H15N3O5S/c1-7-3-9-11-14(12(7)17)5-8(6-20-21(2,18)19)15(11)10(16)4-13-9/h3,8,13H,4-6H2,1-2H3. The summed E-state index contributed by atoms with van der Waals surface area (Å²) in [5, 5.41) is 2.97. The Morgan fingerprint density at radius 1 is 1.43 bits per heavy atom. The first-order valence-electron chi connectivity index (χ1n) is 6.42. The molecule has 0 saturated heterocycles. The predicted molar refractivity (Wildman–Crippen MR) is 76.0 cm³/mol. The molecule has 0 aromatic carbocycles. The van der Waals surface area contributed by atoms with Crippen molar-refractivity contribution in [2.45, 2.75) is 19.5 Å². The molecule has 2 aliphatic rings. The molecule has 3 heterocycles. The van der Waals surface area contributed by atoms with E-state index in [0.29, 0.717) is 17.1 Å². The van der Waals surface area contributed by atoms with Crippen molar-refractivity contribution in [1.82, 2.24) is 4.57 Å². The molecule has 0 bridgehead atoms. The molecule has 1 aromatic rings. The van der Waals surface area contributed by atoms with Crippen LogP contribution in [0.5, 0.6) is 0 Å². The third-order valence-electron chi connectivity index (χ3n) is 3.60. The zero-order valence-corrected chi connectivity index (χ0v) is 12.4. The number of nitrogens with one attached hydrogen (secondary N) is 1. The van der Waals surface area contributed by atoms with Gasteiger partial charge in [-0.2, -0.15) is 8.42 Å². The van der Waals surface area contributed by atoms with Gasteiger partial charge in [-0.15, -0.1) is 0 Å². The number of aryl methyl sites for hydroxylation is 1. The van der Waals surface area contributed by atoms with Crippen molar-refractivity contribution in [3.8, 4) is 0 Å². The van der Waals surface area contributed by atoms with Gasteiger partial charge in [0.25, 0.3) is 15.7 Å². The molecule has 114 valence electrons. The third kappa shape index (κ3) is 2.32. The quantitative estimate of drug-likeness (QED) is 0.739. The van der Waals surface area contributed by atoms with Crippen LogP contribution < -0.4 is 15.8 Å². The predicted octanol–water partition coefficient (Wildman–Crippen LogP) is -0.726. The Balaban J connectivity index is 2.03. The second-order valence-corrected chi connectivity index (χ2v) is 6.88. The summed E-state index contributed by atoms with van der Waals surface area (Å²) in [7, 11) is -3.60. The van der Waals surface area contributed by atoms with Crippen molar-refractivity contribution >= 4 is 27.5 Å². The van der Waals surface area contributed by atoms with Gasteiger partial charge in [0, 0.05) is 5.56 Å². The second kappa shape index (κ2) is 4.57. The van der Waals surface area contributed by atoms with Gasteiger partial charge in [-0.3, -0.25) is 23.2 Å². The Hall–Kier alpha value is -1.87. The zero-order valence-electron chi connectivity index (χ0n) is 11.6. The highest BCUT2D eigenvalue weighted by Gasteiger charge is 2.40. The smallest absolute Gasteiger partial charge is 0.264 e. The van der Waals surface area contributed by atoms with Gasteiger partial charge in [0.1, 0.15) is 5.82 Å². The summed E-state index contributed by atoms with van der Waals surface area (Å²) in [5.74, 6) is 0.281. The molecule has 0 aliphatic carbocycles. The van der Waals surface area contributed by atoms with E-state index in [1.54, 1.807) is 13.0 Å². The van der Waals surface area contributed by atoms with Crippen molar-refractivity contribution in [3.05, 3.63) is 22.0 Å². The number of aromatic nitrogens is 1. The van der Waals surface area contributed by atoms with E-state index in [4.69, 9.17) is 4.18 Å². The molecule has 1 amide bonds. The average Bonchev–Trinajstić information content (AvgIpc) is 2.78. The van der Waals surface area contributed by atoms with Gasteiger partial charge in [-0.05, 0) is 13.0 Å². The van der Waals surface area contributed by atoms with E-state index < -0.39 is 16.2 Å². The van der Waals surface area contributed by atoms with Gasteiger partial charge in [0.2, 0.25) is 5.91 Å². The molecule has 2 aliphatic heterocycles. The van der Waals surface area contributed by atoms with E-state index in [0.717, 1.165) is 6.26 Å². The Kier molecular flexibility index (Phi) is 3.06. The van der Waals surface area contributed by atoms with E-state index >= 15 is 0 Å². The highest BCUT2D eigenvalue weighted by atomic mass is 32.2. The van der Waals surface area contributed by atoms with Crippen LogP contribution in [0.4, 0.5) is 11.5 Å². The lowest BCUT2D eigenvalue weighted by molar-refractivity contribution is -0.117. The number of carbonyl (C=O) groups is 1.